The van der Waals surface area contributed by atoms with Crippen molar-refractivity contribution in [1.29, 1.82) is 0 Å². The van der Waals surface area contributed by atoms with Crippen LogP contribution < -0.4 is 10.6 Å². The fourth-order valence-corrected chi connectivity index (χ4v) is 4.00. The molecule has 0 aliphatic carbocycles. The van der Waals surface area contributed by atoms with Gasteiger partial charge in [-0.05, 0) is 56.9 Å². The van der Waals surface area contributed by atoms with Crippen LogP contribution in [0, 0.1) is 25.2 Å². The van der Waals surface area contributed by atoms with Crippen molar-refractivity contribution in [3.63, 3.8) is 0 Å². The van der Waals surface area contributed by atoms with E-state index in [1.807, 2.05) is 32.9 Å². The number of rotatable bonds is 10. The van der Waals surface area contributed by atoms with Crippen LogP contribution in [0.25, 0.3) is 0 Å². The fraction of sp³-hybridized carbons (Fsp3) is 0.433. The Morgan fingerprint density at radius 2 is 1.74 bits per heavy atom. The first kappa shape index (κ1) is 30.4. The molecule has 0 heterocycles. The predicted octanol–water partition coefficient (Wildman–Crippen LogP) is 4.42. The molecule has 3 N–H and O–H groups in total. The highest BCUT2D eigenvalue weighted by atomic mass is 16.6. The molecule has 8 nitrogen and oxygen atoms in total. The highest BCUT2D eigenvalue weighted by Crippen LogP contribution is 2.28. The van der Waals surface area contributed by atoms with Crippen LogP contribution in [0.3, 0.4) is 0 Å². The van der Waals surface area contributed by atoms with Gasteiger partial charge in [-0.1, -0.05) is 62.6 Å². The summed E-state index contributed by atoms with van der Waals surface area (Å²) in [6.07, 6.45) is 5.59. The Labute approximate surface area is 225 Å². The number of carbonyl (C=O) groups excluding carboxylic acids is 3. The molecule has 0 aliphatic heterocycles. The molecule has 0 bridgehead atoms. The van der Waals surface area contributed by atoms with Gasteiger partial charge in [0.2, 0.25) is 5.91 Å². The second-order valence-corrected chi connectivity index (χ2v) is 10.2. The first-order chi connectivity index (χ1) is 17.9. The second kappa shape index (κ2) is 13.6. The number of nitrogens with zero attached hydrogens (tertiary/aromatic N) is 1. The van der Waals surface area contributed by atoms with Crippen molar-refractivity contribution in [3.8, 4) is 12.3 Å². The van der Waals surface area contributed by atoms with Crippen molar-refractivity contribution >= 4 is 23.6 Å². The van der Waals surface area contributed by atoms with E-state index in [1.165, 1.54) is 4.90 Å². The average molecular weight is 522 g/mol. The Kier molecular flexibility index (Phi) is 10.9. The molecular formula is C30H39N3O5. The number of carbonyl (C=O) groups is 3. The van der Waals surface area contributed by atoms with E-state index in [-0.39, 0.29) is 12.5 Å². The van der Waals surface area contributed by atoms with E-state index in [0.29, 0.717) is 23.2 Å². The van der Waals surface area contributed by atoms with Crippen molar-refractivity contribution in [1.82, 2.24) is 10.2 Å². The number of nitrogens with one attached hydrogen (secondary N) is 2. The second-order valence-electron chi connectivity index (χ2n) is 10.2. The molecule has 204 valence electrons. The Morgan fingerprint density at radius 3 is 2.32 bits per heavy atom. The molecule has 8 heteroatoms. The molecule has 0 saturated heterocycles. The largest absolute Gasteiger partial charge is 0.444 e. The van der Waals surface area contributed by atoms with Gasteiger partial charge in [0.05, 0.1) is 6.61 Å². The zero-order chi connectivity index (χ0) is 28.5. The third-order valence-corrected chi connectivity index (χ3v) is 6.15. The first-order valence-corrected chi connectivity index (χ1v) is 12.8. The zero-order valence-electron chi connectivity index (χ0n) is 23.1. The summed E-state index contributed by atoms with van der Waals surface area (Å²) in [6, 6.07) is 12.0. The molecule has 3 unspecified atom stereocenters. The maximum Gasteiger partial charge on any atom is 0.408 e. The van der Waals surface area contributed by atoms with Crippen LogP contribution >= 0.6 is 0 Å². The van der Waals surface area contributed by atoms with Gasteiger partial charge in [-0.25, -0.2) is 4.79 Å². The molecule has 0 spiro atoms. The van der Waals surface area contributed by atoms with Crippen LogP contribution in [0.2, 0.25) is 0 Å². The maximum atomic E-state index is 14.1. The van der Waals surface area contributed by atoms with Crippen molar-refractivity contribution in [2.24, 2.45) is 5.92 Å². The summed E-state index contributed by atoms with van der Waals surface area (Å²) in [5.74, 6) is 1.27. The van der Waals surface area contributed by atoms with E-state index < -0.39 is 42.2 Å². The van der Waals surface area contributed by atoms with E-state index in [2.05, 4.69) is 16.6 Å². The van der Waals surface area contributed by atoms with Gasteiger partial charge in [-0.2, -0.15) is 0 Å². The summed E-state index contributed by atoms with van der Waals surface area (Å²) in [6.45, 7) is 10.2. The fourth-order valence-electron chi connectivity index (χ4n) is 4.00. The Bertz CT molecular complexity index is 1160. The average Bonchev–Trinajstić information content (AvgIpc) is 2.86. The molecule has 0 saturated carbocycles. The predicted molar refractivity (Wildman–Crippen MR) is 148 cm³/mol. The lowest BCUT2D eigenvalue weighted by atomic mass is 9.94. The number of hydrogen-bond acceptors (Lipinski definition) is 5. The van der Waals surface area contributed by atoms with E-state index in [0.717, 1.165) is 5.56 Å². The van der Waals surface area contributed by atoms with Crippen molar-refractivity contribution in [2.75, 3.05) is 18.5 Å². The minimum atomic E-state index is -1.17. The standard InChI is InChI=1S/C30H39N3O5/c1-8-20(3)25(32-29(37)38-30(5,6)7)28(36)33(18-19-34)26(23-16-12-11-15-22(23)9-2)27(35)31-24-17-13-10-14-21(24)4/h2,10-17,20,25-26,34H,8,18-19H2,1,3-7H3,(H,31,35)(H,32,37). The summed E-state index contributed by atoms with van der Waals surface area (Å²) >= 11 is 0. The van der Waals surface area contributed by atoms with E-state index in [4.69, 9.17) is 11.2 Å². The van der Waals surface area contributed by atoms with Gasteiger partial charge in [-0.3, -0.25) is 9.59 Å². The number of para-hydroxylation sites is 1. The number of benzene rings is 2. The van der Waals surface area contributed by atoms with E-state index in [9.17, 15) is 19.5 Å². The monoisotopic (exact) mass is 521 g/mol. The topological polar surface area (TPSA) is 108 Å². The molecule has 2 aromatic carbocycles. The normalized spacial score (nSPS) is 13.4. The van der Waals surface area contributed by atoms with Gasteiger partial charge in [0.1, 0.15) is 17.7 Å². The summed E-state index contributed by atoms with van der Waals surface area (Å²) < 4.78 is 5.40. The number of hydrogen-bond donors (Lipinski definition) is 3. The Morgan fingerprint density at radius 1 is 1.11 bits per heavy atom. The maximum absolute atomic E-state index is 14.1. The number of alkyl carbamates (subject to hydrolysis) is 1. The molecule has 3 atom stereocenters. The van der Waals surface area contributed by atoms with Crippen LogP contribution in [0.4, 0.5) is 10.5 Å². The lowest BCUT2D eigenvalue weighted by molar-refractivity contribution is -0.142. The molecule has 38 heavy (non-hydrogen) atoms. The lowest BCUT2D eigenvalue weighted by Gasteiger charge is -2.36. The molecule has 0 radical (unpaired) electrons. The van der Waals surface area contributed by atoms with Crippen LogP contribution in [-0.4, -0.2) is 52.7 Å². The summed E-state index contributed by atoms with van der Waals surface area (Å²) in [4.78, 5) is 41.9. The minimum absolute atomic E-state index is 0.160. The van der Waals surface area contributed by atoms with Gasteiger partial charge in [0.15, 0.2) is 0 Å². The van der Waals surface area contributed by atoms with Gasteiger partial charge in [0, 0.05) is 17.8 Å². The molecule has 0 fully saturated rings. The first-order valence-electron chi connectivity index (χ1n) is 12.8. The molecular weight excluding hydrogens is 482 g/mol. The van der Waals surface area contributed by atoms with Crippen molar-refractivity contribution < 1.29 is 24.2 Å². The number of ether oxygens (including phenoxy) is 1. The Balaban J connectivity index is 2.59. The third kappa shape index (κ3) is 8.09. The summed E-state index contributed by atoms with van der Waals surface area (Å²) in [5, 5.41) is 15.6. The number of aryl methyl sites for hydroxylation is 1. The summed E-state index contributed by atoms with van der Waals surface area (Å²) in [5.41, 5.74) is 1.53. The SMILES string of the molecule is C#Cc1ccccc1C(C(=O)Nc1ccccc1C)N(CCO)C(=O)C(NC(=O)OC(C)(C)C)C(C)CC. The summed E-state index contributed by atoms with van der Waals surface area (Å²) in [7, 11) is 0. The van der Waals surface area contributed by atoms with Gasteiger partial charge in [0.25, 0.3) is 5.91 Å². The third-order valence-electron chi connectivity index (χ3n) is 6.15. The molecule has 0 aliphatic rings. The highest BCUT2D eigenvalue weighted by molar-refractivity contribution is 5.99. The molecule has 0 aromatic heterocycles. The van der Waals surface area contributed by atoms with Gasteiger partial charge >= 0.3 is 6.09 Å². The Hall–Kier alpha value is -3.83. The zero-order valence-corrected chi connectivity index (χ0v) is 23.1. The highest BCUT2D eigenvalue weighted by Gasteiger charge is 2.38. The number of terminal acetylenes is 1. The van der Waals surface area contributed by atoms with Gasteiger partial charge < -0.3 is 25.4 Å². The van der Waals surface area contributed by atoms with Crippen LogP contribution in [0.15, 0.2) is 48.5 Å². The van der Waals surface area contributed by atoms with E-state index >= 15 is 0 Å². The number of aliphatic hydroxyl groups is 1. The molecule has 2 aromatic rings. The van der Waals surface area contributed by atoms with E-state index in [1.54, 1.807) is 57.2 Å². The number of amides is 3. The van der Waals surface area contributed by atoms with Crippen LogP contribution in [0.5, 0.6) is 0 Å². The van der Waals surface area contributed by atoms with Crippen LogP contribution in [-0.2, 0) is 14.3 Å². The lowest BCUT2D eigenvalue weighted by Crippen LogP contribution is -2.55. The van der Waals surface area contributed by atoms with Crippen molar-refractivity contribution in [3.05, 3.63) is 65.2 Å². The van der Waals surface area contributed by atoms with Crippen molar-refractivity contribution in [2.45, 2.75) is 65.6 Å². The molecule has 2 rings (SSSR count). The molecule has 3 amide bonds. The van der Waals surface area contributed by atoms with Gasteiger partial charge in [-0.15, -0.1) is 6.42 Å². The van der Waals surface area contributed by atoms with Crippen LogP contribution in [0.1, 0.15) is 63.8 Å². The smallest absolute Gasteiger partial charge is 0.408 e. The number of aliphatic hydroxyl groups excluding tert-OH is 1. The number of anilines is 1. The quantitative estimate of drug-likeness (QED) is 0.401. The minimum Gasteiger partial charge on any atom is -0.444 e.